The van der Waals surface area contributed by atoms with Crippen LogP contribution in [0.4, 0.5) is 0 Å². The standard InChI is InChI=1S/C13H10Cl2N4S/c1-8-4-12(19-13(18-8)16-7-17-19)20-6-9-2-3-10(14)5-11(9)15/h2-5,7H,6H2,1H3. The molecule has 3 rings (SSSR count). The van der Waals surface area contributed by atoms with E-state index in [-0.39, 0.29) is 0 Å². The van der Waals surface area contributed by atoms with E-state index in [1.165, 1.54) is 6.33 Å². The summed E-state index contributed by atoms with van der Waals surface area (Å²) >= 11 is 13.7. The Morgan fingerprint density at radius 3 is 2.90 bits per heavy atom. The first-order valence-corrected chi connectivity index (χ1v) is 7.62. The molecule has 1 aromatic carbocycles. The van der Waals surface area contributed by atoms with Gasteiger partial charge < -0.3 is 0 Å². The maximum Gasteiger partial charge on any atom is 0.253 e. The molecular weight excluding hydrogens is 315 g/mol. The maximum atomic E-state index is 6.18. The number of aromatic nitrogens is 4. The van der Waals surface area contributed by atoms with E-state index in [4.69, 9.17) is 23.2 Å². The summed E-state index contributed by atoms with van der Waals surface area (Å²) in [5, 5.41) is 6.47. The lowest BCUT2D eigenvalue weighted by Crippen LogP contribution is -1.97. The Balaban J connectivity index is 1.88. The maximum absolute atomic E-state index is 6.18. The third-order valence-electron chi connectivity index (χ3n) is 2.74. The van der Waals surface area contributed by atoms with Gasteiger partial charge in [0.2, 0.25) is 0 Å². The van der Waals surface area contributed by atoms with E-state index in [2.05, 4.69) is 15.1 Å². The Labute approximate surface area is 130 Å². The van der Waals surface area contributed by atoms with Crippen LogP contribution in [0, 0.1) is 6.92 Å². The van der Waals surface area contributed by atoms with E-state index in [1.807, 2.05) is 25.1 Å². The molecule has 2 heterocycles. The quantitative estimate of drug-likeness (QED) is 0.539. The van der Waals surface area contributed by atoms with Crippen LogP contribution >= 0.6 is 35.0 Å². The Morgan fingerprint density at radius 2 is 2.10 bits per heavy atom. The summed E-state index contributed by atoms with van der Waals surface area (Å²) in [6.07, 6.45) is 1.50. The second-order valence-electron chi connectivity index (χ2n) is 4.23. The molecule has 0 aliphatic heterocycles. The van der Waals surface area contributed by atoms with Crippen LogP contribution in [0.2, 0.25) is 10.0 Å². The molecule has 3 aromatic rings. The third-order valence-corrected chi connectivity index (χ3v) is 4.37. The van der Waals surface area contributed by atoms with E-state index < -0.39 is 0 Å². The number of benzene rings is 1. The largest absolute Gasteiger partial charge is 0.253 e. The fourth-order valence-corrected chi connectivity index (χ4v) is 3.40. The van der Waals surface area contributed by atoms with Gasteiger partial charge in [0, 0.05) is 21.5 Å². The Bertz CT molecular complexity index is 772. The zero-order chi connectivity index (χ0) is 14.1. The predicted molar refractivity (Wildman–Crippen MR) is 81.5 cm³/mol. The van der Waals surface area contributed by atoms with Gasteiger partial charge in [0.05, 0.1) is 0 Å². The molecule has 4 nitrogen and oxygen atoms in total. The third kappa shape index (κ3) is 2.75. The summed E-state index contributed by atoms with van der Waals surface area (Å²) in [5.41, 5.74) is 1.94. The highest BCUT2D eigenvalue weighted by atomic mass is 35.5. The number of hydrogen-bond acceptors (Lipinski definition) is 4. The molecule has 2 aromatic heterocycles. The molecule has 7 heteroatoms. The summed E-state index contributed by atoms with van der Waals surface area (Å²) in [7, 11) is 0. The summed E-state index contributed by atoms with van der Waals surface area (Å²) < 4.78 is 1.72. The minimum Gasteiger partial charge on any atom is -0.216 e. The second kappa shape index (κ2) is 5.60. The van der Waals surface area contributed by atoms with E-state index in [1.54, 1.807) is 22.3 Å². The van der Waals surface area contributed by atoms with Gasteiger partial charge in [0.25, 0.3) is 5.78 Å². The molecule has 0 aliphatic rings. The van der Waals surface area contributed by atoms with Crippen LogP contribution in [0.5, 0.6) is 0 Å². The van der Waals surface area contributed by atoms with Crippen LogP contribution in [0.3, 0.4) is 0 Å². The molecule has 102 valence electrons. The van der Waals surface area contributed by atoms with E-state index in [0.717, 1.165) is 22.0 Å². The zero-order valence-electron chi connectivity index (χ0n) is 10.5. The highest BCUT2D eigenvalue weighted by Gasteiger charge is 2.08. The Morgan fingerprint density at radius 1 is 1.25 bits per heavy atom. The van der Waals surface area contributed by atoms with Gasteiger partial charge in [-0.2, -0.15) is 14.6 Å². The lowest BCUT2D eigenvalue weighted by atomic mass is 10.2. The van der Waals surface area contributed by atoms with Crippen molar-refractivity contribution in [1.82, 2.24) is 19.6 Å². The minimum atomic E-state index is 0.606. The first-order chi connectivity index (χ1) is 9.63. The van der Waals surface area contributed by atoms with E-state index in [9.17, 15) is 0 Å². The van der Waals surface area contributed by atoms with Gasteiger partial charge in [0.1, 0.15) is 11.4 Å². The average Bonchev–Trinajstić information content (AvgIpc) is 2.85. The second-order valence-corrected chi connectivity index (χ2v) is 6.07. The molecule has 0 atom stereocenters. The normalized spacial score (nSPS) is 11.2. The summed E-state index contributed by atoms with van der Waals surface area (Å²) in [6, 6.07) is 7.51. The number of fused-ring (bicyclic) bond motifs is 1. The lowest BCUT2D eigenvalue weighted by molar-refractivity contribution is 0.833. The first kappa shape index (κ1) is 13.7. The summed E-state index contributed by atoms with van der Waals surface area (Å²) in [5.74, 6) is 1.34. The number of thioether (sulfide) groups is 1. The molecule has 0 aliphatic carbocycles. The van der Waals surface area contributed by atoms with Crippen molar-refractivity contribution < 1.29 is 0 Å². The zero-order valence-corrected chi connectivity index (χ0v) is 12.9. The summed E-state index contributed by atoms with van der Waals surface area (Å²) in [4.78, 5) is 8.42. The van der Waals surface area contributed by atoms with E-state index in [0.29, 0.717) is 15.8 Å². The minimum absolute atomic E-state index is 0.606. The smallest absolute Gasteiger partial charge is 0.216 e. The van der Waals surface area contributed by atoms with Gasteiger partial charge in [-0.25, -0.2) is 4.98 Å². The van der Waals surface area contributed by atoms with Gasteiger partial charge in [-0.05, 0) is 30.7 Å². The number of aryl methyl sites for hydroxylation is 1. The molecule has 0 unspecified atom stereocenters. The highest BCUT2D eigenvalue weighted by molar-refractivity contribution is 7.98. The van der Waals surface area contributed by atoms with Crippen molar-refractivity contribution in [3.05, 3.63) is 51.9 Å². The van der Waals surface area contributed by atoms with Crippen molar-refractivity contribution in [3.8, 4) is 0 Å². The molecule has 0 bridgehead atoms. The van der Waals surface area contributed by atoms with Crippen molar-refractivity contribution in [2.75, 3.05) is 0 Å². The molecule has 0 spiro atoms. The topological polar surface area (TPSA) is 43.1 Å². The van der Waals surface area contributed by atoms with Gasteiger partial charge in [-0.15, -0.1) is 11.8 Å². The van der Waals surface area contributed by atoms with Crippen LogP contribution in [0.25, 0.3) is 5.78 Å². The molecule has 0 radical (unpaired) electrons. The van der Waals surface area contributed by atoms with Gasteiger partial charge >= 0.3 is 0 Å². The first-order valence-electron chi connectivity index (χ1n) is 5.87. The number of rotatable bonds is 3. The van der Waals surface area contributed by atoms with Gasteiger partial charge in [-0.3, -0.25) is 0 Å². The van der Waals surface area contributed by atoms with Crippen molar-refractivity contribution >= 4 is 40.7 Å². The van der Waals surface area contributed by atoms with Crippen molar-refractivity contribution in [3.63, 3.8) is 0 Å². The highest BCUT2D eigenvalue weighted by Crippen LogP contribution is 2.28. The number of halogens is 2. The molecule has 0 amide bonds. The van der Waals surface area contributed by atoms with Crippen LogP contribution < -0.4 is 0 Å². The molecule has 20 heavy (non-hydrogen) atoms. The molecule has 0 saturated carbocycles. The fourth-order valence-electron chi connectivity index (χ4n) is 1.79. The van der Waals surface area contributed by atoms with E-state index >= 15 is 0 Å². The number of hydrogen-bond donors (Lipinski definition) is 0. The average molecular weight is 325 g/mol. The number of nitrogens with zero attached hydrogens (tertiary/aromatic N) is 4. The molecule has 0 N–H and O–H groups in total. The van der Waals surface area contributed by atoms with Crippen LogP contribution in [0.15, 0.2) is 35.6 Å². The molecule has 0 saturated heterocycles. The lowest BCUT2D eigenvalue weighted by Gasteiger charge is -2.07. The SMILES string of the molecule is Cc1cc(SCc2ccc(Cl)cc2Cl)n2ncnc2n1. The van der Waals surface area contributed by atoms with Crippen LogP contribution in [-0.2, 0) is 5.75 Å². The summed E-state index contributed by atoms with van der Waals surface area (Å²) in [6.45, 7) is 1.94. The monoisotopic (exact) mass is 324 g/mol. The molecule has 0 fully saturated rings. The predicted octanol–water partition coefficient (Wildman–Crippen LogP) is 4.03. The Hall–Kier alpha value is -1.30. The molecular formula is C13H10Cl2N4S. The van der Waals surface area contributed by atoms with Crippen molar-refractivity contribution in [2.24, 2.45) is 0 Å². The van der Waals surface area contributed by atoms with Crippen molar-refractivity contribution in [1.29, 1.82) is 0 Å². The van der Waals surface area contributed by atoms with Gasteiger partial charge in [-0.1, -0.05) is 29.3 Å². The van der Waals surface area contributed by atoms with Crippen LogP contribution in [-0.4, -0.2) is 19.6 Å². The Kier molecular flexibility index (Phi) is 3.83. The van der Waals surface area contributed by atoms with Gasteiger partial charge in [0.15, 0.2) is 0 Å². The van der Waals surface area contributed by atoms with Crippen LogP contribution in [0.1, 0.15) is 11.3 Å². The fraction of sp³-hybridized carbons (Fsp3) is 0.154. The van der Waals surface area contributed by atoms with Crippen molar-refractivity contribution in [2.45, 2.75) is 17.7 Å².